The van der Waals surface area contributed by atoms with E-state index in [0.29, 0.717) is 6.04 Å². The van der Waals surface area contributed by atoms with Crippen molar-refractivity contribution in [1.82, 2.24) is 10.2 Å². The van der Waals surface area contributed by atoms with Crippen molar-refractivity contribution in [3.05, 3.63) is 0 Å². The van der Waals surface area contributed by atoms with Crippen molar-refractivity contribution in [2.75, 3.05) is 39.4 Å². The minimum absolute atomic E-state index is 0.652. The van der Waals surface area contributed by atoms with Gasteiger partial charge in [-0.25, -0.2) is 0 Å². The number of ether oxygens (including phenoxy) is 1. The minimum atomic E-state index is 0.652. The zero-order valence-electron chi connectivity index (χ0n) is 11.2. The van der Waals surface area contributed by atoms with E-state index in [1.807, 2.05) is 0 Å². The van der Waals surface area contributed by atoms with Gasteiger partial charge in [0.2, 0.25) is 0 Å². The number of hydrogen-bond donors (Lipinski definition) is 1. The number of hydrogen-bond acceptors (Lipinski definition) is 3. The second-order valence-electron chi connectivity index (χ2n) is 5.12. The molecule has 0 saturated carbocycles. The highest BCUT2D eigenvalue weighted by atomic mass is 16.5. The van der Waals surface area contributed by atoms with Crippen LogP contribution < -0.4 is 5.32 Å². The summed E-state index contributed by atoms with van der Waals surface area (Å²) >= 11 is 0. The lowest BCUT2D eigenvalue weighted by Crippen LogP contribution is -2.45. The summed E-state index contributed by atoms with van der Waals surface area (Å²) in [5.41, 5.74) is 0. The molecule has 96 valence electrons. The molecule has 0 aromatic rings. The molecule has 0 radical (unpaired) electrons. The summed E-state index contributed by atoms with van der Waals surface area (Å²) in [6.07, 6.45) is 2.46. The third-order valence-electron chi connectivity index (χ3n) is 3.17. The van der Waals surface area contributed by atoms with Crippen molar-refractivity contribution in [2.24, 2.45) is 5.92 Å². The quantitative estimate of drug-likeness (QED) is 0.672. The molecule has 1 unspecified atom stereocenters. The number of nitrogens with zero attached hydrogens (tertiary/aromatic N) is 1. The van der Waals surface area contributed by atoms with Crippen molar-refractivity contribution in [2.45, 2.75) is 39.7 Å². The van der Waals surface area contributed by atoms with E-state index in [9.17, 15) is 0 Å². The van der Waals surface area contributed by atoms with Gasteiger partial charge in [-0.15, -0.1) is 0 Å². The van der Waals surface area contributed by atoms with Gasteiger partial charge < -0.3 is 10.1 Å². The first kappa shape index (κ1) is 13.9. The Morgan fingerprint density at radius 1 is 1.44 bits per heavy atom. The molecule has 1 atom stereocenters. The fraction of sp³-hybridized carbons (Fsp3) is 1.00. The summed E-state index contributed by atoms with van der Waals surface area (Å²) in [5, 5.41) is 3.50. The third kappa shape index (κ3) is 5.28. The average molecular weight is 228 g/mol. The van der Waals surface area contributed by atoms with Gasteiger partial charge in [-0.1, -0.05) is 20.8 Å². The summed E-state index contributed by atoms with van der Waals surface area (Å²) in [6.45, 7) is 13.2. The standard InChI is InChI=1S/C13H28N2O/c1-4-13-11-16-9-8-15(13)7-5-6-14-10-12(2)3/h12-14H,4-11H2,1-3H3. The van der Waals surface area contributed by atoms with Crippen LogP contribution in [0, 0.1) is 5.92 Å². The maximum atomic E-state index is 5.50. The van der Waals surface area contributed by atoms with Gasteiger partial charge in [0.1, 0.15) is 0 Å². The number of morpholine rings is 1. The molecule has 3 nitrogen and oxygen atoms in total. The van der Waals surface area contributed by atoms with Gasteiger partial charge in [0.05, 0.1) is 13.2 Å². The highest BCUT2D eigenvalue weighted by Crippen LogP contribution is 2.10. The molecule has 1 rings (SSSR count). The van der Waals surface area contributed by atoms with Crippen LogP contribution in [-0.2, 0) is 4.74 Å². The molecule has 0 aliphatic carbocycles. The van der Waals surface area contributed by atoms with Crippen molar-refractivity contribution in [3.8, 4) is 0 Å². The molecule has 16 heavy (non-hydrogen) atoms. The van der Waals surface area contributed by atoms with Crippen molar-refractivity contribution >= 4 is 0 Å². The van der Waals surface area contributed by atoms with E-state index < -0.39 is 0 Å². The van der Waals surface area contributed by atoms with Crippen LogP contribution in [-0.4, -0.2) is 50.3 Å². The maximum Gasteiger partial charge on any atom is 0.0622 e. The summed E-state index contributed by atoms with van der Waals surface area (Å²) < 4.78 is 5.50. The predicted molar refractivity (Wildman–Crippen MR) is 68.8 cm³/mol. The fourth-order valence-corrected chi connectivity index (χ4v) is 2.16. The van der Waals surface area contributed by atoms with Gasteiger partial charge in [-0.05, 0) is 38.4 Å². The van der Waals surface area contributed by atoms with Crippen LogP contribution in [0.3, 0.4) is 0 Å². The molecular weight excluding hydrogens is 200 g/mol. The first-order valence-electron chi connectivity index (χ1n) is 6.76. The Morgan fingerprint density at radius 3 is 2.94 bits per heavy atom. The van der Waals surface area contributed by atoms with E-state index in [2.05, 4.69) is 31.0 Å². The van der Waals surface area contributed by atoms with Gasteiger partial charge in [0.25, 0.3) is 0 Å². The Labute approximate surface area is 101 Å². The SMILES string of the molecule is CCC1COCCN1CCCNCC(C)C. The Morgan fingerprint density at radius 2 is 2.25 bits per heavy atom. The highest BCUT2D eigenvalue weighted by molar-refractivity contribution is 4.73. The topological polar surface area (TPSA) is 24.5 Å². The molecule has 1 aliphatic rings. The van der Waals surface area contributed by atoms with Crippen molar-refractivity contribution in [3.63, 3.8) is 0 Å². The summed E-state index contributed by atoms with van der Waals surface area (Å²) in [6, 6.07) is 0.652. The van der Waals surface area contributed by atoms with E-state index >= 15 is 0 Å². The molecule has 0 spiro atoms. The molecule has 1 heterocycles. The molecule has 3 heteroatoms. The van der Waals surface area contributed by atoms with Crippen LogP contribution in [0.15, 0.2) is 0 Å². The first-order chi connectivity index (χ1) is 7.74. The molecule has 0 bridgehead atoms. The van der Waals surface area contributed by atoms with Crippen molar-refractivity contribution in [1.29, 1.82) is 0 Å². The molecule has 1 saturated heterocycles. The number of nitrogens with one attached hydrogen (secondary N) is 1. The molecular formula is C13H28N2O. The third-order valence-corrected chi connectivity index (χ3v) is 3.17. The second kappa shape index (κ2) is 8.04. The zero-order chi connectivity index (χ0) is 11.8. The summed E-state index contributed by atoms with van der Waals surface area (Å²) in [4.78, 5) is 2.58. The predicted octanol–water partition coefficient (Wildman–Crippen LogP) is 1.73. The van der Waals surface area contributed by atoms with E-state index in [4.69, 9.17) is 4.74 Å². The monoisotopic (exact) mass is 228 g/mol. The Kier molecular flexibility index (Phi) is 7.01. The van der Waals surface area contributed by atoms with Crippen LogP contribution >= 0.6 is 0 Å². The zero-order valence-corrected chi connectivity index (χ0v) is 11.2. The normalized spacial score (nSPS) is 22.9. The van der Waals surface area contributed by atoms with Gasteiger partial charge in [-0.2, -0.15) is 0 Å². The summed E-state index contributed by atoms with van der Waals surface area (Å²) in [7, 11) is 0. The molecule has 0 aromatic carbocycles. The van der Waals surface area contributed by atoms with Gasteiger partial charge in [0, 0.05) is 12.6 Å². The van der Waals surface area contributed by atoms with Crippen LogP contribution in [0.5, 0.6) is 0 Å². The Hall–Kier alpha value is -0.120. The van der Waals surface area contributed by atoms with Crippen LogP contribution in [0.4, 0.5) is 0 Å². The lowest BCUT2D eigenvalue weighted by Gasteiger charge is -2.35. The average Bonchev–Trinajstić information content (AvgIpc) is 2.29. The van der Waals surface area contributed by atoms with E-state index in [-0.39, 0.29) is 0 Å². The highest BCUT2D eigenvalue weighted by Gasteiger charge is 2.20. The molecule has 0 aromatic heterocycles. The molecule has 1 fully saturated rings. The van der Waals surface area contributed by atoms with Crippen LogP contribution in [0.25, 0.3) is 0 Å². The van der Waals surface area contributed by atoms with E-state index in [1.54, 1.807) is 0 Å². The Bertz CT molecular complexity index is 173. The molecule has 0 amide bonds. The largest absolute Gasteiger partial charge is 0.378 e. The summed E-state index contributed by atoms with van der Waals surface area (Å²) in [5.74, 6) is 0.756. The first-order valence-corrected chi connectivity index (χ1v) is 6.76. The van der Waals surface area contributed by atoms with Crippen molar-refractivity contribution < 1.29 is 4.74 Å². The van der Waals surface area contributed by atoms with E-state index in [1.165, 1.54) is 19.4 Å². The molecule has 1 aliphatic heterocycles. The smallest absolute Gasteiger partial charge is 0.0622 e. The van der Waals surface area contributed by atoms with Gasteiger partial charge >= 0.3 is 0 Å². The van der Waals surface area contributed by atoms with Gasteiger partial charge in [-0.3, -0.25) is 4.90 Å². The van der Waals surface area contributed by atoms with Crippen LogP contribution in [0.2, 0.25) is 0 Å². The second-order valence-corrected chi connectivity index (χ2v) is 5.12. The van der Waals surface area contributed by atoms with Crippen LogP contribution in [0.1, 0.15) is 33.6 Å². The van der Waals surface area contributed by atoms with E-state index in [0.717, 1.165) is 38.8 Å². The number of rotatable bonds is 7. The molecule has 1 N–H and O–H groups in total. The Balaban J connectivity index is 2.06. The van der Waals surface area contributed by atoms with Gasteiger partial charge in [0.15, 0.2) is 0 Å². The maximum absolute atomic E-state index is 5.50. The lowest BCUT2D eigenvalue weighted by molar-refractivity contribution is -0.00886. The lowest BCUT2D eigenvalue weighted by atomic mass is 10.1. The fourth-order valence-electron chi connectivity index (χ4n) is 2.16. The minimum Gasteiger partial charge on any atom is -0.378 e.